The summed E-state index contributed by atoms with van der Waals surface area (Å²) in [4.78, 5) is 25.3. The Bertz CT molecular complexity index is 345. The van der Waals surface area contributed by atoms with E-state index < -0.39 is 12.0 Å². The van der Waals surface area contributed by atoms with Gasteiger partial charge in [0.2, 0.25) is 5.91 Å². The molecule has 2 rings (SSSR count). The Morgan fingerprint density at radius 2 is 2.00 bits per heavy atom. The Balaban J connectivity index is 2.21. The van der Waals surface area contributed by atoms with Crippen molar-refractivity contribution in [2.45, 2.75) is 57.2 Å². The molecule has 4 atom stereocenters. The van der Waals surface area contributed by atoms with Crippen molar-refractivity contribution in [3.05, 3.63) is 0 Å². The molecule has 1 aliphatic carbocycles. The molecule has 2 N–H and O–H groups in total. The third kappa shape index (κ3) is 2.23. The second kappa shape index (κ2) is 5.26. The van der Waals surface area contributed by atoms with Gasteiger partial charge in [-0.1, -0.05) is 12.8 Å². The number of rotatable bonds is 3. The Morgan fingerprint density at radius 1 is 1.33 bits per heavy atom. The standard InChI is InChI=1S/C13H22N2O3/c1-8(14-2)12(16)15-10-6-4-3-5-9(10)7-11(15)13(17)18/h8-11,14H,3-7H2,1-2H3,(H,17,18). The van der Waals surface area contributed by atoms with Crippen molar-refractivity contribution in [3.8, 4) is 0 Å². The van der Waals surface area contributed by atoms with E-state index in [0.717, 1.165) is 25.7 Å². The zero-order valence-corrected chi connectivity index (χ0v) is 11.1. The minimum atomic E-state index is -0.860. The van der Waals surface area contributed by atoms with Crippen molar-refractivity contribution in [1.82, 2.24) is 10.2 Å². The maximum absolute atomic E-state index is 12.3. The molecule has 0 radical (unpaired) electrons. The lowest BCUT2D eigenvalue weighted by Crippen LogP contribution is -2.52. The van der Waals surface area contributed by atoms with Crippen LogP contribution < -0.4 is 5.32 Å². The van der Waals surface area contributed by atoms with Gasteiger partial charge in [-0.2, -0.15) is 0 Å². The molecule has 102 valence electrons. The molecule has 1 amide bonds. The molecule has 5 nitrogen and oxygen atoms in total. The lowest BCUT2D eigenvalue weighted by atomic mass is 9.84. The third-order valence-electron chi connectivity index (χ3n) is 4.43. The highest BCUT2D eigenvalue weighted by molar-refractivity contribution is 5.87. The number of nitrogens with one attached hydrogen (secondary N) is 1. The fourth-order valence-electron chi connectivity index (χ4n) is 3.34. The van der Waals surface area contributed by atoms with Gasteiger partial charge >= 0.3 is 5.97 Å². The minimum absolute atomic E-state index is 0.0701. The normalized spacial score (nSPS) is 33.0. The van der Waals surface area contributed by atoms with Crippen LogP contribution in [0, 0.1) is 5.92 Å². The van der Waals surface area contributed by atoms with Crippen LogP contribution >= 0.6 is 0 Å². The molecular formula is C13H22N2O3. The van der Waals surface area contributed by atoms with E-state index in [-0.39, 0.29) is 18.0 Å². The first-order valence-electron chi connectivity index (χ1n) is 6.78. The van der Waals surface area contributed by atoms with Gasteiger partial charge in [0.05, 0.1) is 6.04 Å². The molecule has 0 bridgehead atoms. The molecule has 1 heterocycles. The van der Waals surface area contributed by atoms with Crippen LogP contribution in [0.4, 0.5) is 0 Å². The summed E-state index contributed by atoms with van der Waals surface area (Å²) in [6.07, 6.45) is 4.91. The summed E-state index contributed by atoms with van der Waals surface area (Å²) < 4.78 is 0. The van der Waals surface area contributed by atoms with Crippen molar-refractivity contribution in [2.24, 2.45) is 5.92 Å². The number of nitrogens with zero attached hydrogens (tertiary/aromatic N) is 1. The zero-order chi connectivity index (χ0) is 13.3. The Labute approximate surface area is 108 Å². The van der Waals surface area contributed by atoms with Crippen LogP contribution in [0.5, 0.6) is 0 Å². The van der Waals surface area contributed by atoms with Crippen molar-refractivity contribution >= 4 is 11.9 Å². The Morgan fingerprint density at radius 3 is 2.61 bits per heavy atom. The second-order valence-corrected chi connectivity index (χ2v) is 5.46. The Kier molecular flexibility index (Phi) is 3.90. The summed E-state index contributed by atoms with van der Waals surface area (Å²) in [5, 5.41) is 12.2. The van der Waals surface area contributed by atoms with E-state index in [1.807, 2.05) is 0 Å². The number of carboxylic acid groups (broad SMARTS) is 1. The molecule has 4 unspecified atom stereocenters. The van der Waals surface area contributed by atoms with Crippen molar-refractivity contribution in [1.29, 1.82) is 0 Å². The van der Waals surface area contributed by atoms with Crippen LogP contribution in [0.3, 0.4) is 0 Å². The van der Waals surface area contributed by atoms with E-state index in [4.69, 9.17) is 0 Å². The zero-order valence-electron chi connectivity index (χ0n) is 11.1. The van der Waals surface area contributed by atoms with E-state index in [1.54, 1.807) is 18.9 Å². The molecule has 1 aliphatic heterocycles. The summed E-state index contributed by atoms with van der Waals surface area (Å²) in [7, 11) is 1.73. The maximum atomic E-state index is 12.3. The molecule has 0 aromatic carbocycles. The second-order valence-electron chi connectivity index (χ2n) is 5.46. The van der Waals surface area contributed by atoms with Gasteiger partial charge in [0.1, 0.15) is 6.04 Å². The van der Waals surface area contributed by atoms with Crippen LogP contribution in [0.15, 0.2) is 0 Å². The number of likely N-dealkylation sites (N-methyl/N-ethyl adjacent to an activating group) is 1. The average molecular weight is 254 g/mol. The number of carbonyl (C=O) groups excluding carboxylic acids is 1. The number of carboxylic acids is 1. The molecular weight excluding hydrogens is 232 g/mol. The highest BCUT2D eigenvalue weighted by atomic mass is 16.4. The highest BCUT2D eigenvalue weighted by Gasteiger charge is 2.48. The van der Waals surface area contributed by atoms with E-state index >= 15 is 0 Å². The largest absolute Gasteiger partial charge is 0.480 e. The van der Waals surface area contributed by atoms with Gasteiger partial charge in [-0.05, 0) is 39.2 Å². The fourth-order valence-corrected chi connectivity index (χ4v) is 3.34. The number of likely N-dealkylation sites (tertiary alicyclic amines) is 1. The average Bonchev–Trinajstić information content (AvgIpc) is 2.76. The first kappa shape index (κ1) is 13.3. The molecule has 0 aromatic heterocycles. The highest BCUT2D eigenvalue weighted by Crippen LogP contribution is 2.40. The van der Waals surface area contributed by atoms with E-state index in [0.29, 0.717) is 12.3 Å². The molecule has 5 heteroatoms. The molecule has 0 spiro atoms. The summed E-state index contributed by atoms with van der Waals surface area (Å²) >= 11 is 0. The molecule has 1 saturated heterocycles. The van der Waals surface area contributed by atoms with Crippen LogP contribution in [-0.4, -0.2) is 47.1 Å². The Hall–Kier alpha value is -1.10. The van der Waals surface area contributed by atoms with Gasteiger partial charge in [-0.15, -0.1) is 0 Å². The van der Waals surface area contributed by atoms with Gasteiger partial charge in [0.15, 0.2) is 0 Å². The molecule has 2 fully saturated rings. The SMILES string of the molecule is CNC(C)C(=O)N1C(C(=O)O)CC2CCCCC21. The van der Waals surface area contributed by atoms with Crippen molar-refractivity contribution in [3.63, 3.8) is 0 Å². The molecule has 18 heavy (non-hydrogen) atoms. The number of carbonyl (C=O) groups is 2. The van der Waals surface area contributed by atoms with Gasteiger partial charge in [-0.3, -0.25) is 4.79 Å². The molecule has 0 aromatic rings. The summed E-state index contributed by atoms with van der Waals surface area (Å²) in [6, 6.07) is -0.794. The smallest absolute Gasteiger partial charge is 0.326 e. The third-order valence-corrected chi connectivity index (χ3v) is 4.43. The van der Waals surface area contributed by atoms with Gasteiger partial charge in [-0.25, -0.2) is 4.79 Å². The number of hydrogen-bond acceptors (Lipinski definition) is 3. The van der Waals surface area contributed by atoms with E-state index in [1.165, 1.54) is 0 Å². The lowest BCUT2D eigenvalue weighted by molar-refractivity contribution is -0.150. The quantitative estimate of drug-likeness (QED) is 0.783. The van der Waals surface area contributed by atoms with Gasteiger partial charge in [0.25, 0.3) is 0 Å². The van der Waals surface area contributed by atoms with Gasteiger partial charge in [0, 0.05) is 6.04 Å². The molecule has 1 saturated carbocycles. The summed E-state index contributed by atoms with van der Waals surface area (Å²) in [5.41, 5.74) is 0. The minimum Gasteiger partial charge on any atom is -0.480 e. The van der Waals surface area contributed by atoms with Gasteiger partial charge < -0.3 is 15.3 Å². The van der Waals surface area contributed by atoms with Crippen LogP contribution in [0.2, 0.25) is 0 Å². The number of hydrogen-bond donors (Lipinski definition) is 2. The number of fused-ring (bicyclic) bond motifs is 1. The van der Waals surface area contributed by atoms with E-state index in [2.05, 4.69) is 5.32 Å². The van der Waals surface area contributed by atoms with Crippen LogP contribution in [-0.2, 0) is 9.59 Å². The summed E-state index contributed by atoms with van der Waals surface area (Å²) in [5.74, 6) is -0.548. The summed E-state index contributed by atoms with van der Waals surface area (Å²) in [6.45, 7) is 1.79. The van der Waals surface area contributed by atoms with Crippen molar-refractivity contribution in [2.75, 3.05) is 7.05 Å². The number of aliphatic carboxylic acids is 1. The number of amides is 1. The van der Waals surface area contributed by atoms with E-state index in [9.17, 15) is 14.7 Å². The van der Waals surface area contributed by atoms with Crippen molar-refractivity contribution < 1.29 is 14.7 Å². The fraction of sp³-hybridized carbons (Fsp3) is 0.846. The topological polar surface area (TPSA) is 69.6 Å². The van der Waals surface area contributed by atoms with Crippen LogP contribution in [0.25, 0.3) is 0 Å². The first-order chi connectivity index (χ1) is 8.56. The predicted octanol–water partition coefficient (Wildman–Crippen LogP) is 0.839. The predicted molar refractivity (Wildman–Crippen MR) is 67.2 cm³/mol. The monoisotopic (exact) mass is 254 g/mol. The molecule has 2 aliphatic rings. The lowest BCUT2D eigenvalue weighted by Gasteiger charge is -2.34. The van der Waals surface area contributed by atoms with Crippen LogP contribution in [0.1, 0.15) is 39.0 Å². The maximum Gasteiger partial charge on any atom is 0.326 e. The first-order valence-corrected chi connectivity index (χ1v) is 6.78.